The molecule has 324 valence electrons. The first-order valence-electron chi connectivity index (χ1n) is 16.3. The van der Waals surface area contributed by atoms with E-state index >= 15 is 8.78 Å². The maximum absolute atomic E-state index is 15.1. The van der Waals surface area contributed by atoms with Gasteiger partial charge in [0.05, 0.1) is 12.1 Å². The van der Waals surface area contributed by atoms with E-state index in [4.69, 9.17) is 0 Å². The molecule has 0 bridgehead atoms. The molecule has 58 heavy (non-hydrogen) atoms. The van der Waals surface area contributed by atoms with Gasteiger partial charge in [-0.25, -0.2) is 9.18 Å². The van der Waals surface area contributed by atoms with Crippen molar-refractivity contribution in [1.29, 1.82) is 0 Å². The Kier molecular flexibility index (Phi) is 11.0. The van der Waals surface area contributed by atoms with Gasteiger partial charge in [-0.15, -0.1) is 0 Å². The number of nitrogens with zero attached hydrogens (tertiary/aromatic N) is 4. The largest absolute Gasteiger partial charge is 0.416 e. The van der Waals surface area contributed by atoms with Gasteiger partial charge in [-0.1, -0.05) is 12.6 Å². The van der Waals surface area contributed by atoms with E-state index in [1.54, 1.807) is 0 Å². The second kappa shape index (κ2) is 13.7. The Morgan fingerprint density at radius 1 is 0.810 bits per heavy atom. The smallest absolute Gasteiger partial charge is 0.367 e. The minimum Gasteiger partial charge on any atom is -0.367 e. The van der Waals surface area contributed by atoms with Crippen LogP contribution in [0.4, 0.5) is 31.1 Å². The summed E-state index contributed by atoms with van der Waals surface area (Å²) >= 11 is 0. The van der Waals surface area contributed by atoms with Crippen LogP contribution >= 0.6 is 0 Å². The Balaban J connectivity index is 2.04. The number of benzene rings is 2. The number of hydrogen-bond acceptors (Lipinski definition) is 16. The molecule has 0 spiro atoms. The second-order valence-corrected chi connectivity index (χ2v) is 14.4. The molecule has 2 aromatic rings. The molecule has 2 saturated heterocycles. The molecule has 4 rings (SSSR count). The number of likely N-dealkylation sites (tertiary alicyclic amines) is 1. The fourth-order valence-electron chi connectivity index (χ4n) is 6.85. The molecule has 0 saturated carbocycles. The lowest BCUT2D eigenvalue weighted by atomic mass is 9.76. The van der Waals surface area contributed by atoms with Crippen LogP contribution in [0.1, 0.15) is 54.6 Å². The third-order valence-electron chi connectivity index (χ3n) is 10.2. The number of aliphatic hydroxyl groups is 13. The number of urea groups is 1. The number of carbonyl (C=O) groups is 2. The summed E-state index contributed by atoms with van der Waals surface area (Å²) in [7, 11) is 0.453. The summed E-state index contributed by atoms with van der Waals surface area (Å²) < 4.78 is 86.5. The standard InChI is InChI=1S/C33H40F6N4O15/c1-14(2)27(35,36)18-10-17(11-19(12-18)30(37,38)39)25(5,46)40(6)24(45)42-22(21-8-7-20(34)9-15(21)3)28(49,50)23(29(51,52)31(42,53)54)43-26(47,48)13-41(16(4)44)32(55,56)33(43,57)58/h7-12,22-23,46-58H,1,13H2,2-6H3. The normalized spacial score (nSPS) is 24.8. The van der Waals surface area contributed by atoms with Crippen LogP contribution in [0.3, 0.4) is 0 Å². The number of amides is 3. The van der Waals surface area contributed by atoms with Crippen molar-refractivity contribution < 1.29 is 102 Å². The van der Waals surface area contributed by atoms with Gasteiger partial charge in [0.15, 0.2) is 5.72 Å². The molecule has 25 heteroatoms. The number of allylic oxidation sites excluding steroid dienone is 1. The van der Waals surface area contributed by atoms with E-state index < -0.39 is 138 Å². The first-order chi connectivity index (χ1) is 25.8. The molecule has 2 fully saturated rings. The zero-order valence-corrected chi connectivity index (χ0v) is 30.7. The van der Waals surface area contributed by atoms with E-state index in [0.717, 1.165) is 13.8 Å². The number of halogens is 6. The lowest BCUT2D eigenvalue weighted by molar-refractivity contribution is -0.567. The number of β-amino-alcohol motifs (C(OH)–C–C–N with tert-alkyl or cyclic N) is 2. The molecule has 13 N–H and O–H groups in total. The average Bonchev–Trinajstić information content (AvgIpc) is 3.05. The maximum atomic E-state index is 15.1. The van der Waals surface area contributed by atoms with E-state index in [2.05, 4.69) is 6.58 Å². The van der Waals surface area contributed by atoms with Gasteiger partial charge < -0.3 is 66.4 Å². The van der Waals surface area contributed by atoms with Gasteiger partial charge in [-0.3, -0.25) is 19.5 Å². The highest BCUT2D eigenvalue weighted by molar-refractivity contribution is 5.77. The minimum absolute atomic E-state index is 0.00715. The summed E-state index contributed by atoms with van der Waals surface area (Å²) in [5.74, 6) is -35.2. The Morgan fingerprint density at radius 2 is 1.31 bits per heavy atom. The van der Waals surface area contributed by atoms with Crippen LogP contribution in [-0.2, 0) is 22.6 Å². The monoisotopic (exact) mass is 846 g/mol. The van der Waals surface area contributed by atoms with E-state index in [-0.39, 0.29) is 17.0 Å². The Morgan fingerprint density at radius 3 is 1.78 bits per heavy atom. The maximum Gasteiger partial charge on any atom is 0.416 e. The summed E-state index contributed by atoms with van der Waals surface area (Å²) in [6, 6.07) is -7.35. The highest BCUT2D eigenvalue weighted by atomic mass is 19.4. The average molecular weight is 847 g/mol. The second-order valence-electron chi connectivity index (χ2n) is 14.4. The number of rotatable bonds is 6. The van der Waals surface area contributed by atoms with Crippen LogP contribution in [0.25, 0.3) is 0 Å². The third kappa shape index (κ3) is 6.88. The molecule has 2 aliphatic heterocycles. The summed E-state index contributed by atoms with van der Waals surface area (Å²) in [6.07, 6.45) is -5.40. The summed E-state index contributed by atoms with van der Waals surface area (Å²) in [5.41, 5.74) is -10.1. The Hall–Kier alpha value is -4.06. The fraction of sp³-hybridized carbons (Fsp3) is 0.515. The lowest BCUT2D eigenvalue weighted by Crippen LogP contribution is -2.93. The molecule has 2 aromatic carbocycles. The van der Waals surface area contributed by atoms with Crippen LogP contribution in [-0.4, -0.2) is 153 Å². The van der Waals surface area contributed by atoms with Crippen molar-refractivity contribution in [2.45, 2.75) is 92.8 Å². The van der Waals surface area contributed by atoms with Crippen LogP contribution in [0.5, 0.6) is 0 Å². The molecular formula is C33H40F6N4O15. The fourth-order valence-corrected chi connectivity index (χ4v) is 6.85. The third-order valence-corrected chi connectivity index (χ3v) is 10.2. The van der Waals surface area contributed by atoms with Crippen molar-refractivity contribution in [3.8, 4) is 0 Å². The minimum atomic E-state index is -5.40. The van der Waals surface area contributed by atoms with Crippen molar-refractivity contribution in [3.63, 3.8) is 0 Å². The van der Waals surface area contributed by atoms with Crippen LogP contribution in [0.2, 0.25) is 0 Å². The van der Waals surface area contributed by atoms with E-state index in [1.165, 1.54) is 0 Å². The van der Waals surface area contributed by atoms with E-state index in [1.807, 2.05) is 0 Å². The zero-order valence-electron chi connectivity index (χ0n) is 30.7. The molecule has 0 aromatic heterocycles. The first kappa shape index (κ1) is 46.6. The quantitative estimate of drug-likeness (QED) is 0.0815. The summed E-state index contributed by atoms with van der Waals surface area (Å²) in [6.45, 7) is 3.84. The molecule has 19 nitrogen and oxygen atoms in total. The predicted molar refractivity (Wildman–Crippen MR) is 175 cm³/mol. The van der Waals surface area contributed by atoms with Crippen LogP contribution in [0, 0.1) is 12.7 Å². The summed E-state index contributed by atoms with van der Waals surface area (Å²) in [5, 5.41) is 147. The van der Waals surface area contributed by atoms with Gasteiger partial charge in [0, 0.05) is 25.1 Å². The van der Waals surface area contributed by atoms with Gasteiger partial charge >= 0.3 is 29.9 Å². The van der Waals surface area contributed by atoms with Crippen LogP contribution < -0.4 is 0 Å². The molecule has 3 amide bonds. The van der Waals surface area contributed by atoms with E-state index in [0.29, 0.717) is 45.2 Å². The molecular weight excluding hydrogens is 806 g/mol. The Labute approximate surface area is 322 Å². The van der Waals surface area contributed by atoms with Gasteiger partial charge in [0.1, 0.15) is 17.9 Å². The number of hydrogen-bond donors (Lipinski definition) is 13. The topological polar surface area (TPSA) is 310 Å². The van der Waals surface area contributed by atoms with Gasteiger partial charge in [0.25, 0.3) is 11.7 Å². The lowest BCUT2D eigenvalue weighted by Gasteiger charge is -2.65. The van der Waals surface area contributed by atoms with Crippen molar-refractivity contribution in [2.24, 2.45) is 0 Å². The van der Waals surface area contributed by atoms with Crippen molar-refractivity contribution >= 4 is 11.9 Å². The summed E-state index contributed by atoms with van der Waals surface area (Å²) in [4.78, 5) is 24.1. The first-order valence-corrected chi connectivity index (χ1v) is 16.3. The van der Waals surface area contributed by atoms with Gasteiger partial charge in [0.2, 0.25) is 17.6 Å². The number of carbonyl (C=O) groups excluding carboxylic acids is 2. The van der Waals surface area contributed by atoms with Gasteiger partial charge in [-0.05, 0) is 67.8 Å². The highest BCUT2D eigenvalue weighted by Crippen LogP contribution is 2.54. The molecule has 2 heterocycles. The van der Waals surface area contributed by atoms with Crippen molar-refractivity contribution in [1.82, 2.24) is 19.6 Å². The number of alkyl halides is 5. The zero-order chi connectivity index (χ0) is 45.1. The molecule has 2 aliphatic rings. The molecule has 3 atom stereocenters. The highest BCUT2D eigenvalue weighted by Gasteiger charge is 2.81. The SMILES string of the molecule is C=C(C)C(F)(F)c1cc(C(F)(F)F)cc(C(C)(O)N(C)C(=O)N2C(c3ccc(F)cc3C)C(O)(O)C(N3C(O)(O)CN(C(C)=O)C(O)(O)C3(O)O)C(O)(O)C2(O)O)c1. The van der Waals surface area contributed by atoms with Crippen molar-refractivity contribution in [3.05, 3.63) is 82.2 Å². The predicted octanol–water partition coefficient (Wildman–Crippen LogP) is -2.46. The molecule has 0 radical (unpaired) electrons. The van der Waals surface area contributed by atoms with E-state index in [9.17, 15) is 93.5 Å². The molecule has 3 unspecified atom stereocenters. The van der Waals surface area contributed by atoms with Crippen LogP contribution in [0.15, 0.2) is 48.6 Å². The Bertz CT molecular complexity index is 2010. The molecule has 0 aliphatic carbocycles. The van der Waals surface area contributed by atoms with Crippen molar-refractivity contribution in [2.75, 3.05) is 13.6 Å². The number of aryl methyl sites for hydroxylation is 1. The number of piperidine rings is 1. The van der Waals surface area contributed by atoms with Gasteiger partial charge in [-0.2, -0.15) is 26.9 Å². The number of piperazine rings is 1.